The lowest BCUT2D eigenvalue weighted by atomic mass is 10.1. The Labute approximate surface area is 326 Å². The van der Waals surface area contributed by atoms with Gasteiger partial charge in [0, 0.05) is 19.6 Å². The first-order valence-electron chi connectivity index (χ1n) is 21.6. The van der Waals surface area contributed by atoms with Gasteiger partial charge in [-0.05, 0) is 70.6 Å². The van der Waals surface area contributed by atoms with E-state index in [1.165, 1.54) is 109 Å². The van der Waals surface area contributed by atoms with E-state index in [9.17, 15) is 14.3 Å². The zero-order chi connectivity index (χ0) is 38.8. The van der Waals surface area contributed by atoms with Gasteiger partial charge in [-0.1, -0.05) is 159 Å². The Morgan fingerprint density at radius 2 is 1.06 bits per heavy atom. The SMILES string of the molecule is CC/C=C\C/C=C\C/C=C\CCCCCCCCCC(=O)OC(COCCCCCCCC/C=C\CCCCCCCCC)COP(=O)(O)OCCN. The molecule has 0 heterocycles. The largest absolute Gasteiger partial charge is 0.472 e. The van der Waals surface area contributed by atoms with Crippen LogP contribution in [-0.2, 0) is 27.9 Å². The van der Waals surface area contributed by atoms with Crippen LogP contribution in [0.15, 0.2) is 48.6 Å². The highest BCUT2D eigenvalue weighted by atomic mass is 31.2. The molecule has 0 rings (SSSR count). The van der Waals surface area contributed by atoms with Gasteiger partial charge < -0.3 is 20.1 Å². The van der Waals surface area contributed by atoms with Crippen LogP contribution in [-0.4, -0.2) is 49.9 Å². The third-order valence-electron chi connectivity index (χ3n) is 8.98. The van der Waals surface area contributed by atoms with Gasteiger partial charge in [-0.2, -0.15) is 0 Å². The Balaban J connectivity index is 4.06. The van der Waals surface area contributed by atoms with Crippen molar-refractivity contribution in [2.24, 2.45) is 5.73 Å². The average Bonchev–Trinajstić information content (AvgIpc) is 3.15. The van der Waals surface area contributed by atoms with Crippen LogP contribution in [0.25, 0.3) is 0 Å². The second kappa shape index (κ2) is 41.6. The molecule has 0 saturated carbocycles. The van der Waals surface area contributed by atoms with Gasteiger partial charge in [0.2, 0.25) is 0 Å². The molecule has 8 nitrogen and oxygen atoms in total. The number of rotatable bonds is 41. The summed E-state index contributed by atoms with van der Waals surface area (Å²) in [6, 6.07) is 0. The number of hydrogen-bond acceptors (Lipinski definition) is 7. The minimum Gasteiger partial charge on any atom is -0.457 e. The molecule has 310 valence electrons. The van der Waals surface area contributed by atoms with E-state index in [4.69, 9.17) is 24.3 Å². The van der Waals surface area contributed by atoms with E-state index >= 15 is 0 Å². The van der Waals surface area contributed by atoms with E-state index in [0.29, 0.717) is 13.0 Å². The summed E-state index contributed by atoms with van der Waals surface area (Å²) in [5.41, 5.74) is 5.37. The van der Waals surface area contributed by atoms with Gasteiger partial charge in [-0.25, -0.2) is 4.57 Å². The third-order valence-corrected chi connectivity index (χ3v) is 9.96. The van der Waals surface area contributed by atoms with Crippen molar-refractivity contribution in [1.29, 1.82) is 0 Å². The topological polar surface area (TPSA) is 117 Å². The molecule has 0 aliphatic rings. The minimum absolute atomic E-state index is 0.0962. The number of nitrogens with two attached hydrogens (primary N) is 1. The monoisotopic (exact) mass is 768 g/mol. The van der Waals surface area contributed by atoms with Crippen LogP contribution in [0, 0.1) is 0 Å². The van der Waals surface area contributed by atoms with Crippen LogP contribution in [0.1, 0.15) is 187 Å². The summed E-state index contributed by atoms with van der Waals surface area (Å²) >= 11 is 0. The molecule has 3 N–H and O–H groups in total. The number of carbonyl (C=O) groups is 1. The fourth-order valence-corrected chi connectivity index (χ4v) is 6.59. The Hall–Kier alpha value is -1.54. The van der Waals surface area contributed by atoms with E-state index in [2.05, 4.69) is 62.5 Å². The molecule has 0 amide bonds. The van der Waals surface area contributed by atoms with Gasteiger partial charge in [-0.15, -0.1) is 0 Å². The van der Waals surface area contributed by atoms with Crippen molar-refractivity contribution < 1.29 is 32.8 Å². The molecule has 53 heavy (non-hydrogen) atoms. The number of phosphoric ester groups is 1. The maximum atomic E-state index is 12.6. The summed E-state index contributed by atoms with van der Waals surface area (Å²) in [6.07, 6.45) is 48.4. The molecule has 0 aromatic carbocycles. The molecule has 0 aliphatic carbocycles. The summed E-state index contributed by atoms with van der Waals surface area (Å²) in [5, 5.41) is 0. The second-order valence-corrected chi connectivity index (χ2v) is 15.6. The zero-order valence-electron chi connectivity index (χ0n) is 34.2. The number of unbranched alkanes of at least 4 members (excludes halogenated alkanes) is 20. The molecule has 2 atom stereocenters. The lowest BCUT2D eigenvalue weighted by Gasteiger charge is -2.20. The van der Waals surface area contributed by atoms with Crippen molar-refractivity contribution >= 4 is 13.8 Å². The van der Waals surface area contributed by atoms with E-state index in [-0.39, 0.29) is 32.3 Å². The lowest BCUT2D eigenvalue weighted by molar-refractivity contribution is -0.154. The Morgan fingerprint density at radius 1 is 0.585 bits per heavy atom. The second-order valence-electron chi connectivity index (χ2n) is 14.2. The first-order valence-corrected chi connectivity index (χ1v) is 23.1. The summed E-state index contributed by atoms with van der Waals surface area (Å²) in [7, 11) is -4.28. The summed E-state index contributed by atoms with van der Waals surface area (Å²) in [6.45, 7) is 4.79. The first kappa shape index (κ1) is 51.5. The quantitative estimate of drug-likeness (QED) is 0.0273. The van der Waals surface area contributed by atoms with Crippen LogP contribution in [0.3, 0.4) is 0 Å². The molecule has 9 heteroatoms. The van der Waals surface area contributed by atoms with Gasteiger partial charge >= 0.3 is 13.8 Å². The maximum absolute atomic E-state index is 12.6. The van der Waals surface area contributed by atoms with Gasteiger partial charge in [0.15, 0.2) is 0 Å². The van der Waals surface area contributed by atoms with Crippen molar-refractivity contribution in [1.82, 2.24) is 0 Å². The molecular weight excluding hydrogens is 685 g/mol. The fraction of sp³-hybridized carbons (Fsp3) is 0.795. The van der Waals surface area contributed by atoms with E-state index in [0.717, 1.165) is 57.8 Å². The number of allylic oxidation sites excluding steroid dienone is 8. The van der Waals surface area contributed by atoms with E-state index in [1.54, 1.807) is 0 Å². The molecule has 2 unspecified atom stereocenters. The fourth-order valence-electron chi connectivity index (χ4n) is 5.83. The molecule has 0 saturated heterocycles. The molecule has 0 bridgehead atoms. The van der Waals surface area contributed by atoms with Crippen molar-refractivity contribution in [3.63, 3.8) is 0 Å². The number of esters is 1. The smallest absolute Gasteiger partial charge is 0.457 e. The predicted molar refractivity (Wildman–Crippen MR) is 224 cm³/mol. The maximum Gasteiger partial charge on any atom is 0.472 e. The number of phosphoric acid groups is 1. The standard InChI is InChI=1S/C44H82NO7P/c1-3-5-7-9-11-13-15-17-19-21-23-25-27-29-31-33-35-37-44(46)52-43(42-51-53(47,48)50-40-38-45)41-49-39-36-34-32-30-28-26-24-22-20-18-16-14-12-10-8-6-4-2/h5,7,11,13,17,19-20,22,43H,3-4,6,8-10,12,14-16,18,21,23-42,45H2,1-2H3,(H,47,48)/b7-5-,13-11-,19-17-,22-20-. The molecule has 0 aliphatic heterocycles. The van der Waals surface area contributed by atoms with Crippen LogP contribution in [0.2, 0.25) is 0 Å². The predicted octanol–water partition coefficient (Wildman–Crippen LogP) is 12.8. The average molecular weight is 768 g/mol. The number of carbonyl (C=O) groups excluding carboxylic acids is 1. The highest BCUT2D eigenvalue weighted by Gasteiger charge is 2.25. The third kappa shape index (κ3) is 41.5. The summed E-state index contributed by atoms with van der Waals surface area (Å²) in [5.74, 6) is -0.343. The minimum atomic E-state index is -4.28. The zero-order valence-corrected chi connectivity index (χ0v) is 35.1. The number of ether oxygens (including phenoxy) is 2. The molecule has 0 aromatic rings. The highest BCUT2D eigenvalue weighted by Crippen LogP contribution is 2.43. The van der Waals surface area contributed by atoms with Crippen molar-refractivity contribution in [2.75, 3.05) is 33.0 Å². The molecule has 0 radical (unpaired) electrons. The van der Waals surface area contributed by atoms with Gasteiger partial charge in [0.05, 0.1) is 19.8 Å². The van der Waals surface area contributed by atoms with E-state index in [1.807, 2.05) is 0 Å². The lowest BCUT2D eigenvalue weighted by Crippen LogP contribution is -2.28. The van der Waals surface area contributed by atoms with Gasteiger partial charge in [-0.3, -0.25) is 13.8 Å². The summed E-state index contributed by atoms with van der Waals surface area (Å²) in [4.78, 5) is 22.5. The van der Waals surface area contributed by atoms with Gasteiger partial charge in [0.1, 0.15) is 6.10 Å². The normalized spacial score (nSPS) is 14.0. The van der Waals surface area contributed by atoms with Crippen LogP contribution < -0.4 is 5.73 Å². The molecule has 0 spiro atoms. The Kier molecular flexibility index (Phi) is 40.4. The highest BCUT2D eigenvalue weighted by molar-refractivity contribution is 7.47. The summed E-state index contributed by atoms with van der Waals surface area (Å²) < 4.78 is 33.4. The van der Waals surface area contributed by atoms with E-state index < -0.39 is 13.9 Å². The molecule has 0 fully saturated rings. The van der Waals surface area contributed by atoms with Crippen LogP contribution >= 0.6 is 7.82 Å². The molecular formula is C44H82NO7P. The van der Waals surface area contributed by atoms with Crippen LogP contribution in [0.5, 0.6) is 0 Å². The van der Waals surface area contributed by atoms with Crippen molar-refractivity contribution in [2.45, 2.75) is 193 Å². The number of hydrogen-bond donors (Lipinski definition) is 2. The van der Waals surface area contributed by atoms with Crippen molar-refractivity contribution in [3.05, 3.63) is 48.6 Å². The molecule has 0 aromatic heterocycles. The Morgan fingerprint density at radius 3 is 1.60 bits per heavy atom. The Bertz CT molecular complexity index is 952. The van der Waals surface area contributed by atoms with Crippen molar-refractivity contribution in [3.8, 4) is 0 Å². The van der Waals surface area contributed by atoms with Crippen LogP contribution in [0.4, 0.5) is 0 Å². The van der Waals surface area contributed by atoms with Gasteiger partial charge in [0.25, 0.3) is 0 Å². The first-order chi connectivity index (χ1) is 25.9.